The van der Waals surface area contributed by atoms with Crippen LogP contribution in [0.3, 0.4) is 0 Å². The smallest absolute Gasteiger partial charge is 0.237 e. The molecule has 0 atom stereocenters. The maximum Gasteiger partial charge on any atom is 0.237 e. The molecule has 0 amide bonds. The molecule has 0 aliphatic rings. The van der Waals surface area contributed by atoms with Crippen LogP contribution in [0.25, 0.3) is 0 Å². The minimum atomic E-state index is -0.267. The highest BCUT2D eigenvalue weighted by molar-refractivity contribution is 6.13. The average molecular weight is 269 g/mol. The van der Waals surface area contributed by atoms with E-state index in [4.69, 9.17) is 9.47 Å². The number of carbonyl (C=O) groups is 1. The van der Waals surface area contributed by atoms with E-state index in [1.807, 2.05) is 0 Å². The Morgan fingerprint density at radius 3 is 2.30 bits per heavy atom. The van der Waals surface area contributed by atoms with Gasteiger partial charge < -0.3 is 9.47 Å². The van der Waals surface area contributed by atoms with Gasteiger partial charge in [0.05, 0.1) is 30.9 Å². The topological polar surface area (TPSA) is 52.6 Å². The van der Waals surface area contributed by atoms with E-state index in [2.05, 4.69) is 0 Å². The first kappa shape index (κ1) is 13.8. The first-order valence-electron chi connectivity index (χ1n) is 5.95. The molecule has 4 nitrogen and oxygen atoms in total. The number of rotatable bonds is 5. The zero-order valence-corrected chi connectivity index (χ0v) is 11.2. The molecule has 101 valence electrons. The monoisotopic (exact) mass is 269 g/mol. The van der Waals surface area contributed by atoms with E-state index in [0.29, 0.717) is 16.9 Å². The molecule has 0 saturated heterocycles. The number of ether oxygens (including phenoxy) is 2. The van der Waals surface area contributed by atoms with Gasteiger partial charge in [0.25, 0.3) is 0 Å². The Morgan fingerprint density at radius 2 is 1.65 bits per heavy atom. The van der Waals surface area contributed by atoms with Crippen LogP contribution in [0.1, 0.15) is 21.5 Å². The molecule has 0 aromatic heterocycles. The van der Waals surface area contributed by atoms with Crippen LogP contribution in [-0.4, -0.2) is 26.3 Å². The van der Waals surface area contributed by atoms with Crippen LogP contribution in [-0.2, 0) is 4.79 Å². The zero-order chi connectivity index (χ0) is 14.5. The van der Waals surface area contributed by atoms with E-state index >= 15 is 0 Å². The number of benzene rings is 2. The molecule has 0 aliphatic carbocycles. The lowest BCUT2D eigenvalue weighted by Crippen LogP contribution is -2.07. The van der Waals surface area contributed by atoms with Gasteiger partial charge in [-0.3, -0.25) is 9.59 Å². The summed E-state index contributed by atoms with van der Waals surface area (Å²) in [5.74, 6) is 0.426. The summed E-state index contributed by atoms with van der Waals surface area (Å²) in [4.78, 5) is 23.5. The second kappa shape index (κ2) is 6.02. The average Bonchev–Trinajstić information content (AvgIpc) is 2.53. The number of ketones is 1. The van der Waals surface area contributed by atoms with Gasteiger partial charge in [0.1, 0.15) is 11.5 Å². The molecule has 2 aromatic carbocycles. The van der Waals surface area contributed by atoms with Crippen molar-refractivity contribution >= 4 is 12.1 Å². The molecule has 2 aromatic rings. The summed E-state index contributed by atoms with van der Waals surface area (Å²) in [6, 6.07) is 11.7. The lowest BCUT2D eigenvalue weighted by Gasteiger charge is -2.11. The number of hydrogen-bond acceptors (Lipinski definition) is 4. The SMILES string of the molecule is COc1ccccc1C(=O)c1cccc([C]=O)c1OC. The standard InChI is InChI=1S/C16H13O4/c1-19-14-9-4-3-7-12(14)15(18)13-8-5-6-11(10-17)16(13)20-2/h3-9H,1-2H3. The van der Waals surface area contributed by atoms with Gasteiger partial charge in [-0.1, -0.05) is 18.2 Å². The van der Waals surface area contributed by atoms with Crippen LogP contribution in [0.5, 0.6) is 11.5 Å². The van der Waals surface area contributed by atoms with E-state index in [9.17, 15) is 9.59 Å². The normalized spacial score (nSPS) is 9.90. The van der Waals surface area contributed by atoms with Crippen molar-refractivity contribution in [3.63, 3.8) is 0 Å². The highest BCUT2D eigenvalue weighted by Gasteiger charge is 2.20. The number of para-hydroxylation sites is 2. The van der Waals surface area contributed by atoms with Crippen LogP contribution in [0.15, 0.2) is 42.5 Å². The van der Waals surface area contributed by atoms with E-state index in [0.717, 1.165) is 0 Å². The van der Waals surface area contributed by atoms with Crippen molar-refractivity contribution in [2.24, 2.45) is 0 Å². The maximum atomic E-state index is 12.6. The molecule has 0 heterocycles. The molecule has 4 heteroatoms. The van der Waals surface area contributed by atoms with Gasteiger partial charge in [0.2, 0.25) is 12.1 Å². The third-order valence-electron chi connectivity index (χ3n) is 2.93. The first-order valence-corrected chi connectivity index (χ1v) is 5.95. The largest absolute Gasteiger partial charge is 0.496 e. The van der Waals surface area contributed by atoms with E-state index in [1.54, 1.807) is 48.8 Å². The van der Waals surface area contributed by atoms with Gasteiger partial charge in [-0.15, -0.1) is 0 Å². The molecule has 20 heavy (non-hydrogen) atoms. The van der Waals surface area contributed by atoms with Gasteiger partial charge in [-0.2, -0.15) is 0 Å². The summed E-state index contributed by atoms with van der Waals surface area (Å²) in [5.41, 5.74) is 0.933. The van der Waals surface area contributed by atoms with Crippen molar-refractivity contribution < 1.29 is 19.1 Å². The van der Waals surface area contributed by atoms with Crippen LogP contribution in [0.2, 0.25) is 0 Å². The lowest BCUT2D eigenvalue weighted by molar-refractivity contribution is 0.103. The summed E-state index contributed by atoms with van der Waals surface area (Å²) in [6.07, 6.45) is 1.76. The number of methoxy groups -OCH3 is 2. The van der Waals surface area contributed by atoms with Crippen molar-refractivity contribution in [3.8, 4) is 11.5 Å². The predicted octanol–water partition coefficient (Wildman–Crippen LogP) is 2.39. The Kier molecular flexibility index (Phi) is 4.15. The summed E-state index contributed by atoms with van der Waals surface area (Å²) in [5, 5.41) is 0. The Bertz CT molecular complexity index is 647. The van der Waals surface area contributed by atoms with Crippen molar-refractivity contribution in [1.82, 2.24) is 0 Å². The zero-order valence-electron chi connectivity index (χ0n) is 11.2. The van der Waals surface area contributed by atoms with Crippen molar-refractivity contribution in [2.75, 3.05) is 14.2 Å². The molecule has 0 saturated carbocycles. The van der Waals surface area contributed by atoms with Crippen LogP contribution >= 0.6 is 0 Å². The molecule has 0 unspecified atom stereocenters. The minimum absolute atomic E-state index is 0.216. The minimum Gasteiger partial charge on any atom is -0.496 e. The summed E-state index contributed by atoms with van der Waals surface area (Å²) in [6.45, 7) is 0. The molecular weight excluding hydrogens is 256 g/mol. The van der Waals surface area contributed by atoms with Crippen LogP contribution in [0.4, 0.5) is 0 Å². The highest BCUT2D eigenvalue weighted by atomic mass is 16.5. The molecular formula is C16H13O4. The van der Waals surface area contributed by atoms with Crippen LogP contribution in [0, 0.1) is 0 Å². The van der Waals surface area contributed by atoms with E-state index < -0.39 is 0 Å². The third kappa shape index (κ3) is 2.40. The van der Waals surface area contributed by atoms with Crippen LogP contribution < -0.4 is 9.47 Å². The summed E-state index contributed by atoms with van der Waals surface area (Å²) in [7, 11) is 2.91. The van der Waals surface area contributed by atoms with Gasteiger partial charge in [0.15, 0.2) is 0 Å². The molecule has 1 radical (unpaired) electrons. The maximum absolute atomic E-state index is 12.6. The first-order chi connectivity index (χ1) is 9.72. The Hall–Kier alpha value is -2.62. The van der Waals surface area contributed by atoms with Gasteiger partial charge in [-0.25, -0.2) is 0 Å². The fourth-order valence-corrected chi connectivity index (χ4v) is 1.99. The molecule has 0 fully saturated rings. The van der Waals surface area contributed by atoms with Crippen molar-refractivity contribution in [1.29, 1.82) is 0 Å². The fraction of sp³-hybridized carbons (Fsp3) is 0.125. The number of hydrogen-bond donors (Lipinski definition) is 0. The fourth-order valence-electron chi connectivity index (χ4n) is 1.99. The van der Waals surface area contributed by atoms with Gasteiger partial charge in [-0.05, 0) is 24.3 Å². The molecule has 0 bridgehead atoms. The van der Waals surface area contributed by atoms with Crippen molar-refractivity contribution in [3.05, 3.63) is 59.2 Å². The Balaban J connectivity index is 2.56. The van der Waals surface area contributed by atoms with Crippen molar-refractivity contribution in [2.45, 2.75) is 0 Å². The van der Waals surface area contributed by atoms with E-state index in [-0.39, 0.29) is 17.1 Å². The molecule has 0 spiro atoms. The second-order valence-electron chi connectivity index (χ2n) is 4.02. The molecule has 0 N–H and O–H groups in total. The van der Waals surface area contributed by atoms with E-state index in [1.165, 1.54) is 14.2 Å². The van der Waals surface area contributed by atoms with Gasteiger partial charge in [0, 0.05) is 0 Å². The predicted molar refractivity (Wildman–Crippen MR) is 74.2 cm³/mol. The summed E-state index contributed by atoms with van der Waals surface area (Å²) >= 11 is 0. The summed E-state index contributed by atoms with van der Waals surface area (Å²) < 4.78 is 10.3. The second-order valence-corrected chi connectivity index (χ2v) is 4.02. The molecule has 2 rings (SSSR count). The Morgan fingerprint density at radius 1 is 0.950 bits per heavy atom. The lowest BCUT2D eigenvalue weighted by atomic mass is 9.99. The highest BCUT2D eigenvalue weighted by Crippen LogP contribution is 2.28. The third-order valence-corrected chi connectivity index (χ3v) is 2.93. The number of carbonyl (C=O) groups excluding carboxylic acids is 2. The van der Waals surface area contributed by atoms with Gasteiger partial charge >= 0.3 is 0 Å². The quantitative estimate of drug-likeness (QED) is 0.782. The Labute approximate surface area is 116 Å². The molecule has 0 aliphatic heterocycles.